The summed E-state index contributed by atoms with van der Waals surface area (Å²) in [6.45, 7) is 16.5. The summed E-state index contributed by atoms with van der Waals surface area (Å²) >= 11 is 0. The molecule has 0 spiro atoms. The molecule has 0 bridgehead atoms. The van der Waals surface area contributed by atoms with Crippen molar-refractivity contribution >= 4 is 31.3 Å². The molecule has 2 rings (SSSR count). The molecule has 1 aromatic carbocycles. The third-order valence-corrected chi connectivity index (χ3v) is 10.3. The minimum atomic E-state index is -2.14. The van der Waals surface area contributed by atoms with Crippen LogP contribution in [0, 0.1) is 0 Å². The largest absolute Gasteiger partial charge is 0.490 e. The number of nitrogens with one attached hydrogen (secondary N) is 1. The second-order valence-electron chi connectivity index (χ2n) is 11.1. The van der Waals surface area contributed by atoms with Gasteiger partial charge in [-0.2, -0.15) is 5.10 Å². The fourth-order valence-electron chi connectivity index (χ4n) is 2.94. The first kappa shape index (κ1) is 28.6. The number of aliphatic carboxylic acids is 1. The number of aliphatic hydroxyl groups excluding tert-OH is 1. The summed E-state index contributed by atoms with van der Waals surface area (Å²) in [6.07, 6.45) is -0.596. The summed E-state index contributed by atoms with van der Waals surface area (Å²) in [5.41, 5.74) is 0.127. The van der Waals surface area contributed by atoms with Crippen molar-refractivity contribution in [3.8, 4) is 5.75 Å². The van der Waals surface area contributed by atoms with Crippen LogP contribution < -0.4 is 10.1 Å². The first-order valence-electron chi connectivity index (χ1n) is 11.6. The molecule has 0 aliphatic carbocycles. The first-order chi connectivity index (χ1) is 16.0. The molecule has 0 saturated carbocycles. The predicted molar refractivity (Wildman–Crippen MR) is 135 cm³/mol. The second-order valence-corrected chi connectivity index (χ2v) is 15.9. The number of benzene rings is 1. The number of rotatable bonds is 10. The number of carbonyl (C=O) groups excluding carboxylic acids is 1. The summed E-state index contributed by atoms with van der Waals surface area (Å²) in [5, 5.41) is 26.4. The van der Waals surface area contributed by atoms with Crippen LogP contribution in [0.1, 0.15) is 41.5 Å². The number of aliphatic hydroxyl groups is 1. The second kappa shape index (κ2) is 11.0. The smallest absolute Gasteiger partial charge is 0.407 e. The van der Waals surface area contributed by atoms with Gasteiger partial charge in [-0.05, 0) is 57.1 Å². The van der Waals surface area contributed by atoms with E-state index in [1.54, 1.807) is 22.9 Å². The summed E-state index contributed by atoms with van der Waals surface area (Å²) in [6, 6.07) is 5.16. The van der Waals surface area contributed by atoms with Gasteiger partial charge in [0, 0.05) is 18.1 Å². The Labute approximate surface area is 207 Å². The van der Waals surface area contributed by atoms with Crippen molar-refractivity contribution in [2.45, 2.75) is 84.0 Å². The minimum absolute atomic E-state index is 0.0151. The number of carboxylic acid groups (broad SMARTS) is 1. The molecule has 2 unspecified atom stereocenters. The average molecular weight is 510 g/mol. The number of amides is 1. The Morgan fingerprint density at radius 1 is 1.17 bits per heavy atom. The van der Waals surface area contributed by atoms with Crippen LogP contribution in [-0.2, 0) is 20.5 Å². The molecular formula is C24H39N3O7Si. The van der Waals surface area contributed by atoms with Crippen molar-refractivity contribution in [1.29, 1.82) is 0 Å². The molecule has 0 fully saturated rings. The van der Waals surface area contributed by atoms with Gasteiger partial charge in [-0.3, -0.25) is 4.68 Å². The third kappa shape index (κ3) is 8.82. The van der Waals surface area contributed by atoms with Crippen LogP contribution in [-0.4, -0.2) is 71.3 Å². The molecule has 0 saturated heterocycles. The van der Waals surface area contributed by atoms with E-state index in [2.05, 4.69) is 44.3 Å². The highest BCUT2D eigenvalue weighted by atomic mass is 28.4. The lowest BCUT2D eigenvalue weighted by molar-refractivity contribution is -0.148. The van der Waals surface area contributed by atoms with Crippen molar-refractivity contribution in [1.82, 2.24) is 15.1 Å². The fourth-order valence-corrected chi connectivity index (χ4v) is 4.29. The van der Waals surface area contributed by atoms with Crippen molar-refractivity contribution in [3.05, 3.63) is 24.4 Å². The summed E-state index contributed by atoms with van der Waals surface area (Å²) in [7, 11) is -2.14. The minimum Gasteiger partial charge on any atom is -0.490 e. The Morgan fingerprint density at radius 2 is 1.83 bits per heavy atom. The number of hydrogen-bond acceptors (Lipinski definition) is 7. The van der Waals surface area contributed by atoms with Gasteiger partial charge < -0.3 is 29.4 Å². The molecule has 3 N–H and O–H groups in total. The maximum Gasteiger partial charge on any atom is 0.407 e. The molecule has 10 nitrogen and oxygen atoms in total. The van der Waals surface area contributed by atoms with E-state index in [0.29, 0.717) is 12.3 Å². The maximum atomic E-state index is 12.2. The van der Waals surface area contributed by atoms with Gasteiger partial charge in [0.25, 0.3) is 0 Å². The van der Waals surface area contributed by atoms with Gasteiger partial charge in [-0.1, -0.05) is 20.8 Å². The molecule has 2 atom stereocenters. The zero-order valence-corrected chi connectivity index (χ0v) is 22.9. The van der Waals surface area contributed by atoms with Crippen molar-refractivity contribution < 1.29 is 33.7 Å². The molecule has 0 radical (unpaired) electrons. The Hall–Kier alpha value is -2.63. The lowest BCUT2D eigenvalue weighted by atomic mass is 10.2. The van der Waals surface area contributed by atoms with Gasteiger partial charge in [-0.25, -0.2) is 9.59 Å². The summed E-state index contributed by atoms with van der Waals surface area (Å²) < 4.78 is 19.1. The number of carboxylic acids is 1. The normalized spacial score (nSPS) is 14.4. The molecule has 11 heteroatoms. The van der Waals surface area contributed by atoms with E-state index in [4.69, 9.17) is 19.0 Å². The molecule has 35 heavy (non-hydrogen) atoms. The van der Waals surface area contributed by atoms with Gasteiger partial charge in [0.05, 0.1) is 18.2 Å². The lowest BCUT2D eigenvalue weighted by Gasteiger charge is -2.39. The Balaban J connectivity index is 2.17. The molecule has 0 aliphatic heterocycles. The molecule has 0 aliphatic rings. The number of carbonyl (C=O) groups is 2. The van der Waals surface area contributed by atoms with E-state index < -0.39 is 32.1 Å². The van der Waals surface area contributed by atoms with Gasteiger partial charge in [0.2, 0.25) is 0 Å². The van der Waals surface area contributed by atoms with Crippen molar-refractivity contribution in [3.63, 3.8) is 0 Å². The van der Waals surface area contributed by atoms with Crippen LogP contribution in [0.2, 0.25) is 18.1 Å². The highest BCUT2D eigenvalue weighted by molar-refractivity contribution is 6.74. The van der Waals surface area contributed by atoms with E-state index in [1.165, 1.54) is 0 Å². The molecule has 1 aromatic heterocycles. The van der Waals surface area contributed by atoms with Crippen molar-refractivity contribution in [2.24, 2.45) is 0 Å². The highest BCUT2D eigenvalue weighted by Gasteiger charge is 2.39. The van der Waals surface area contributed by atoms with Crippen molar-refractivity contribution in [2.75, 3.05) is 13.2 Å². The summed E-state index contributed by atoms with van der Waals surface area (Å²) in [5.74, 6) is -0.912. The predicted octanol–water partition coefficient (Wildman–Crippen LogP) is 3.78. The van der Waals surface area contributed by atoms with Crippen LogP contribution >= 0.6 is 0 Å². The van der Waals surface area contributed by atoms with Crippen LogP contribution in [0.3, 0.4) is 0 Å². The van der Waals surface area contributed by atoms with E-state index in [9.17, 15) is 14.7 Å². The van der Waals surface area contributed by atoms with E-state index in [1.807, 2.05) is 27.0 Å². The average Bonchev–Trinajstić information content (AvgIpc) is 3.09. The molecule has 1 heterocycles. The van der Waals surface area contributed by atoms with Crippen LogP contribution in [0.25, 0.3) is 10.9 Å². The molecular weight excluding hydrogens is 470 g/mol. The Bertz CT molecular complexity index is 1020. The van der Waals surface area contributed by atoms with Crippen LogP contribution in [0.5, 0.6) is 5.75 Å². The number of ether oxygens (including phenoxy) is 2. The highest BCUT2D eigenvalue weighted by Crippen LogP contribution is 2.37. The third-order valence-electron chi connectivity index (χ3n) is 5.75. The lowest BCUT2D eigenvalue weighted by Crippen LogP contribution is -2.48. The van der Waals surface area contributed by atoms with E-state index in [0.717, 1.165) is 10.9 Å². The number of nitrogens with zero attached hydrogens (tertiary/aromatic N) is 2. The number of fused-ring (bicyclic) bond motifs is 1. The van der Waals surface area contributed by atoms with Gasteiger partial charge in [0.15, 0.2) is 14.4 Å². The topological polar surface area (TPSA) is 132 Å². The molecule has 2 aromatic rings. The monoisotopic (exact) mass is 509 g/mol. The van der Waals surface area contributed by atoms with E-state index >= 15 is 0 Å². The summed E-state index contributed by atoms with van der Waals surface area (Å²) in [4.78, 5) is 23.0. The number of hydrogen-bond donors (Lipinski definition) is 3. The van der Waals surface area contributed by atoms with Crippen LogP contribution in [0.4, 0.5) is 4.79 Å². The first-order valence-corrected chi connectivity index (χ1v) is 14.5. The molecule has 1 amide bonds. The Kier molecular flexibility index (Phi) is 8.96. The van der Waals surface area contributed by atoms with Crippen LogP contribution in [0.15, 0.2) is 24.4 Å². The number of alkyl carbamates (subject to hydrolysis) is 1. The maximum absolute atomic E-state index is 12.2. The van der Waals surface area contributed by atoms with Gasteiger partial charge >= 0.3 is 12.1 Å². The SMILES string of the molecule is CC(C)(C)OC(=O)NCC(Cn1cc2cc(OCC(O)C(=O)O)ccc2n1)O[Si](C)(C)C(C)(C)C. The molecule has 196 valence electrons. The van der Waals surface area contributed by atoms with Gasteiger partial charge in [0.1, 0.15) is 18.0 Å². The van der Waals surface area contributed by atoms with E-state index in [-0.39, 0.29) is 24.3 Å². The quantitative estimate of drug-likeness (QED) is 0.412. The zero-order valence-electron chi connectivity index (χ0n) is 21.9. The standard InChI is InChI=1S/C24H39N3O7Si/c1-23(2,3)33-22(31)25-12-18(34-35(7,8)24(4,5)6)14-27-13-16-11-17(9-10-19(16)26-27)32-15-20(28)21(29)30/h9-11,13,18,20,28H,12,14-15H2,1-8H3,(H,25,31)(H,29,30). The Morgan fingerprint density at radius 3 is 2.40 bits per heavy atom. The zero-order chi connectivity index (χ0) is 26.6. The number of aromatic nitrogens is 2. The van der Waals surface area contributed by atoms with Gasteiger partial charge in [-0.15, -0.1) is 0 Å². The fraction of sp³-hybridized carbons (Fsp3) is 0.625.